The maximum atomic E-state index is 12.9. The Balaban J connectivity index is 4.07. The van der Waals surface area contributed by atoms with E-state index in [1.54, 1.807) is 0 Å². The van der Waals surface area contributed by atoms with E-state index in [0.717, 1.165) is 96.3 Å². The van der Waals surface area contributed by atoms with Gasteiger partial charge in [-0.2, -0.15) is 0 Å². The summed E-state index contributed by atoms with van der Waals surface area (Å²) in [5.74, 6) is -0.833. The Morgan fingerprint density at radius 1 is 0.372 bits per heavy atom. The molecule has 0 aromatic carbocycles. The van der Waals surface area contributed by atoms with Crippen molar-refractivity contribution >= 4 is 19.8 Å². The number of phosphoric acid groups is 1. The molecule has 0 aliphatic heterocycles. The number of esters is 2. The van der Waals surface area contributed by atoms with E-state index >= 15 is 0 Å². The van der Waals surface area contributed by atoms with Crippen molar-refractivity contribution in [1.82, 2.24) is 0 Å². The first kappa shape index (κ1) is 82.4. The summed E-state index contributed by atoms with van der Waals surface area (Å²) in [6, 6.07) is 0. The summed E-state index contributed by atoms with van der Waals surface area (Å²) < 4.78 is 34.3. The number of rotatable bonds is 64. The van der Waals surface area contributed by atoms with Crippen LogP contribution in [0.3, 0.4) is 0 Å². The average Bonchev–Trinajstić information content (AvgIpc) is 3.67. The first-order chi connectivity index (χ1) is 42.0. The number of nitrogens with zero attached hydrogens (tertiary/aromatic N) is 1. The fourth-order valence-corrected chi connectivity index (χ4v) is 10.3. The monoisotopic (exact) mass is 1220 g/mol. The number of allylic oxidation sites excluding steroid dienone is 20. The zero-order valence-corrected chi connectivity index (χ0v) is 57.1. The molecule has 0 fully saturated rings. The molecule has 0 radical (unpaired) electrons. The van der Waals surface area contributed by atoms with E-state index in [-0.39, 0.29) is 32.0 Å². The van der Waals surface area contributed by atoms with Crippen molar-refractivity contribution in [2.24, 2.45) is 0 Å². The van der Waals surface area contributed by atoms with E-state index in [1.807, 2.05) is 21.1 Å². The van der Waals surface area contributed by atoms with Crippen LogP contribution in [0, 0.1) is 0 Å². The number of hydrogen-bond acceptors (Lipinski definition) is 8. The molecule has 86 heavy (non-hydrogen) atoms. The van der Waals surface area contributed by atoms with Crippen molar-refractivity contribution in [2.45, 2.75) is 302 Å². The number of ether oxygens (including phenoxy) is 2. The van der Waals surface area contributed by atoms with Gasteiger partial charge >= 0.3 is 11.9 Å². The van der Waals surface area contributed by atoms with E-state index < -0.39 is 26.5 Å². The highest BCUT2D eigenvalue weighted by Gasteiger charge is 2.22. The lowest BCUT2D eigenvalue weighted by atomic mass is 10.0. The van der Waals surface area contributed by atoms with Gasteiger partial charge in [0, 0.05) is 12.8 Å². The summed E-state index contributed by atoms with van der Waals surface area (Å²) in [7, 11) is 1.16. The van der Waals surface area contributed by atoms with E-state index in [0.29, 0.717) is 17.4 Å². The van der Waals surface area contributed by atoms with Crippen LogP contribution in [0.25, 0.3) is 0 Å². The third-order valence-electron chi connectivity index (χ3n) is 15.0. The van der Waals surface area contributed by atoms with E-state index in [2.05, 4.69) is 135 Å². The minimum Gasteiger partial charge on any atom is -0.756 e. The normalized spacial score (nSPS) is 13.9. The van der Waals surface area contributed by atoms with Gasteiger partial charge in [0.05, 0.1) is 27.7 Å². The first-order valence-corrected chi connectivity index (χ1v) is 36.7. The first-order valence-electron chi connectivity index (χ1n) is 35.2. The molecule has 0 amide bonds. The molecule has 0 spiro atoms. The van der Waals surface area contributed by atoms with Gasteiger partial charge in [-0.3, -0.25) is 14.2 Å². The number of unbranched alkanes of at least 4 members (excludes halogenated alkanes) is 30. The molecule has 0 aliphatic carbocycles. The summed E-state index contributed by atoms with van der Waals surface area (Å²) in [6.45, 7) is 4.13. The third-order valence-corrected chi connectivity index (χ3v) is 15.9. The number of hydrogen-bond donors (Lipinski definition) is 0. The highest BCUT2D eigenvalue weighted by Crippen LogP contribution is 2.38. The molecule has 0 saturated heterocycles. The number of carbonyl (C=O) groups excluding carboxylic acids is 2. The smallest absolute Gasteiger partial charge is 0.306 e. The lowest BCUT2D eigenvalue weighted by Gasteiger charge is -2.28. The van der Waals surface area contributed by atoms with Gasteiger partial charge in [-0.1, -0.05) is 296 Å². The number of likely N-dealkylation sites (N-methyl/N-ethyl adjacent to an activating group) is 1. The second-order valence-corrected chi connectivity index (χ2v) is 25.9. The molecule has 0 aromatic heterocycles. The summed E-state index contributed by atoms with van der Waals surface area (Å²) in [5.41, 5.74) is 0. The van der Waals surface area contributed by atoms with Crippen LogP contribution in [0.5, 0.6) is 0 Å². The van der Waals surface area contributed by atoms with Crippen LogP contribution < -0.4 is 4.89 Å². The molecule has 494 valence electrons. The van der Waals surface area contributed by atoms with Crippen LogP contribution in [-0.2, 0) is 32.7 Å². The van der Waals surface area contributed by atoms with Gasteiger partial charge in [-0.05, 0) is 109 Å². The van der Waals surface area contributed by atoms with Crippen molar-refractivity contribution < 1.29 is 42.1 Å². The fourth-order valence-electron chi connectivity index (χ4n) is 9.59. The lowest BCUT2D eigenvalue weighted by Crippen LogP contribution is -2.37. The molecule has 0 aliphatic rings. The van der Waals surface area contributed by atoms with Crippen LogP contribution in [0.15, 0.2) is 122 Å². The highest BCUT2D eigenvalue weighted by atomic mass is 31.2. The number of phosphoric ester groups is 1. The van der Waals surface area contributed by atoms with Crippen LogP contribution >= 0.6 is 7.82 Å². The molecule has 0 aromatic rings. The molecule has 0 saturated carbocycles. The largest absolute Gasteiger partial charge is 0.756 e. The van der Waals surface area contributed by atoms with Gasteiger partial charge in [0.25, 0.3) is 7.82 Å². The summed E-state index contributed by atoms with van der Waals surface area (Å²) in [5, 5.41) is 0. The molecule has 9 nitrogen and oxygen atoms in total. The lowest BCUT2D eigenvalue weighted by molar-refractivity contribution is -0.870. The van der Waals surface area contributed by atoms with Crippen molar-refractivity contribution in [2.75, 3.05) is 47.5 Å². The Bertz CT molecular complexity index is 1870. The molecular formula is C76H132NO8P. The second-order valence-electron chi connectivity index (χ2n) is 24.5. The van der Waals surface area contributed by atoms with Crippen LogP contribution in [0.2, 0.25) is 0 Å². The average molecular weight is 1220 g/mol. The van der Waals surface area contributed by atoms with Crippen LogP contribution in [-0.4, -0.2) is 70.0 Å². The quantitative estimate of drug-likeness (QED) is 0.0195. The standard InChI is InChI=1S/C76H132NO8P/c1-6-8-10-12-14-16-18-20-22-24-26-28-30-32-33-34-35-36-37-38-39-40-41-42-43-45-47-49-51-53-55-57-59-61-63-65-67-69-76(79)85-74(73-84-86(80,81)83-71-70-77(3,4)5)72-82-75(78)68-66-64-62-60-58-56-54-52-50-48-46-44-31-29-27-25-23-21-19-17-15-13-11-9-7-2/h8,10,14,16,19-22,25-28,32-33,35-36,38-39,41-42,74H,6-7,9,11-13,15,17-18,23-24,29-31,34,37,40,43-73H2,1-5H3/b10-8-,16-14-,21-19-,22-20-,27-25-,28-26-,33-32-,36-35-,39-38-,42-41-. The number of quaternary nitrogens is 1. The Hall–Kier alpha value is -3.59. The molecule has 0 N–H and O–H groups in total. The zero-order valence-electron chi connectivity index (χ0n) is 56.2. The van der Waals surface area contributed by atoms with Gasteiger partial charge in [0.2, 0.25) is 0 Å². The Labute approximate surface area is 530 Å². The Kier molecular flexibility index (Phi) is 63.1. The molecular weight excluding hydrogens is 1090 g/mol. The van der Waals surface area contributed by atoms with Gasteiger partial charge in [-0.25, -0.2) is 0 Å². The second kappa shape index (κ2) is 65.8. The van der Waals surface area contributed by atoms with Crippen molar-refractivity contribution in [3.05, 3.63) is 122 Å². The topological polar surface area (TPSA) is 111 Å². The van der Waals surface area contributed by atoms with E-state index in [1.165, 1.54) is 167 Å². The Morgan fingerprint density at radius 3 is 0.988 bits per heavy atom. The number of carbonyl (C=O) groups is 2. The molecule has 0 rings (SSSR count). The summed E-state index contributed by atoms with van der Waals surface area (Å²) >= 11 is 0. The van der Waals surface area contributed by atoms with Gasteiger partial charge < -0.3 is 27.9 Å². The predicted molar refractivity (Wildman–Crippen MR) is 369 cm³/mol. The molecule has 2 atom stereocenters. The SMILES string of the molecule is CC/C=C\C/C=C\C/C=C\C/C=C\C/C=C\C/C=C\C/C=C\C/C=C\CCCCCCCCCCCCCCC(=O)OC(COC(=O)CCCCCCCCCCCCCCC/C=C\C/C=C\CCCCCCC)COP(=O)([O-])OCC[N+](C)(C)C. The summed E-state index contributed by atoms with van der Waals surface area (Å²) in [4.78, 5) is 38.1. The molecule has 2 unspecified atom stereocenters. The van der Waals surface area contributed by atoms with E-state index in [4.69, 9.17) is 18.5 Å². The van der Waals surface area contributed by atoms with Crippen LogP contribution in [0.1, 0.15) is 296 Å². The summed E-state index contributed by atoms with van der Waals surface area (Å²) in [6.07, 6.45) is 94.1. The maximum Gasteiger partial charge on any atom is 0.306 e. The van der Waals surface area contributed by atoms with Gasteiger partial charge in [-0.15, -0.1) is 0 Å². The van der Waals surface area contributed by atoms with E-state index in [9.17, 15) is 19.0 Å². The fraction of sp³-hybridized carbons (Fsp3) is 0.711. The molecule has 10 heteroatoms. The van der Waals surface area contributed by atoms with Gasteiger partial charge in [0.15, 0.2) is 6.10 Å². The van der Waals surface area contributed by atoms with Crippen LogP contribution in [0.4, 0.5) is 0 Å². The Morgan fingerprint density at radius 2 is 0.663 bits per heavy atom. The minimum absolute atomic E-state index is 0.0354. The zero-order chi connectivity index (χ0) is 62.6. The van der Waals surface area contributed by atoms with Crippen molar-refractivity contribution in [3.63, 3.8) is 0 Å². The predicted octanol–water partition coefficient (Wildman–Crippen LogP) is 22.4. The minimum atomic E-state index is -4.65. The highest BCUT2D eigenvalue weighted by molar-refractivity contribution is 7.45. The maximum absolute atomic E-state index is 12.9. The van der Waals surface area contributed by atoms with Gasteiger partial charge in [0.1, 0.15) is 19.8 Å². The molecule has 0 bridgehead atoms. The molecule has 0 heterocycles. The van der Waals surface area contributed by atoms with Crippen molar-refractivity contribution in [3.8, 4) is 0 Å². The van der Waals surface area contributed by atoms with Crippen molar-refractivity contribution in [1.29, 1.82) is 0 Å². The third kappa shape index (κ3) is 69.5.